The third-order valence-electron chi connectivity index (χ3n) is 2.68. The molecule has 1 atom stereocenters. The fraction of sp³-hybridized carbons (Fsp3) is 0.455. The van der Waals surface area contributed by atoms with Crippen molar-refractivity contribution in [2.75, 3.05) is 17.2 Å². The second-order valence-corrected chi connectivity index (χ2v) is 7.04. The van der Waals surface area contributed by atoms with Gasteiger partial charge in [-0.15, -0.1) is 0 Å². The molecule has 1 unspecified atom stereocenters. The quantitative estimate of drug-likeness (QED) is 0.808. The molecule has 0 saturated carbocycles. The molecule has 0 amide bonds. The summed E-state index contributed by atoms with van der Waals surface area (Å²) in [4.78, 5) is 0. The fourth-order valence-electron chi connectivity index (χ4n) is 1.79. The van der Waals surface area contributed by atoms with Crippen LogP contribution in [-0.2, 0) is 15.8 Å². The van der Waals surface area contributed by atoms with E-state index in [1.807, 2.05) is 0 Å². The molecule has 1 aliphatic rings. The van der Waals surface area contributed by atoms with Gasteiger partial charge < -0.3 is 5.73 Å². The molecule has 17 heavy (non-hydrogen) atoms. The largest absolute Gasteiger partial charge is 0.398 e. The molecule has 94 valence electrons. The van der Waals surface area contributed by atoms with Crippen molar-refractivity contribution in [1.82, 2.24) is 4.72 Å². The summed E-state index contributed by atoms with van der Waals surface area (Å²) in [5.41, 5.74) is 6.92. The average molecular weight is 272 g/mol. The van der Waals surface area contributed by atoms with E-state index in [0.29, 0.717) is 11.3 Å². The van der Waals surface area contributed by atoms with Crippen LogP contribution in [0.4, 0.5) is 5.69 Å². The third-order valence-corrected chi connectivity index (χ3v) is 5.22. The van der Waals surface area contributed by atoms with Crippen molar-refractivity contribution in [1.29, 1.82) is 0 Å². The Bertz CT molecular complexity index is 482. The number of sulfonamides is 1. The molecule has 0 radical (unpaired) electrons. The molecule has 4 nitrogen and oxygen atoms in total. The monoisotopic (exact) mass is 272 g/mol. The van der Waals surface area contributed by atoms with Crippen LogP contribution in [0.2, 0.25) is 0 Å². The van der Waals surface area contributed by atoms with E-state index in [-0.39, 0.29) is 11.8 Å². The number of benzene rings is 1. The van der Waals surface area contributed by atoms with E-state index in [1.54, 1.807) is 36.0 Å². The van der Waals surface area contributed by atoms with Crippen molar-refractivity contribution in [3.8, 4) is 0 Å². The summed E-state index contributed by atoms with van der Waals surface area (Å²) < 4.78 is 26.6. The summed E-state index contributed by atoms with van der Waals surface area (Å²) in [5.74, 6) is 1.85. The number of thioether (sulfide) groups is 1. The number of hydrogen-bond acceptors (Lipinski definition) is 4. The molecule has 1 aromatic rings. The predicted octanol–water partition coefficient (Wildman–Crippen LogP) is 1.19. The van der Waals surface area contributed by atoms with Gasteiger partial charge in [0.05, 0.1) is 5.75 Å². The molecular weight excluding hydrogens is 256 g/mol. The Labute approximate surface area is 106 Å². The normalized spacial score (nSPS) is 20.6. The van der Waals surface area contributed by atoms with Crippen LogP contribution in [0.5, 0.6) is 0 Å². The van der Waals surface area contributed by atoms with Crippen LogP contribution in [-0.4, -0.2) is 26.0 Å². The Balaban J connectivity index is 2.04. The summed E-state index contributed by atoms with van der Waals surface area (Å²) in [6.45, 7) is 0. The van der Waals surface area contributed by atoms with Crippen molar-refractivity contribution in [2.45, 2.75) is 18.2 Å². The number of nitrogens with two attached hydrogens (primary N) is 1. The second-order valence-electron chi connectivity index (χ2n) is 4.14. The molecule has 0 spiro atoms. The Morgan fingerprint density at radius 2 is 2.18 bits per heavy atom. The van der Waals surface area contributed by atoms with E-state index >= 15 is 0 Å². The second kappa shape index (κ2) is 5.29. The molecular formula is C11H16N2O2S2. The lowest BCUT2D eigenvalue weighted by Crippen LogP contribution is -2.35. The SMILES string of the molecule is Nc1ccccc1CS(=O)(=O)NC1CCSC1. The van der Waals surface area contributed by atoms with Gasteiger partial charge in [-0.1, -0.05) is 18.2 Å². The van der Waals surface area contributed by atoms with Crippen LogP contribution in [0.15, 0.2) is 24.3 Å². The predicted molar refractivity (Wildman–Crippen MR) is 72.3 cm³/mol. The maximum atomic E-state index is 11.9. The van der Waals surface area contributed by atoms with Gasteiger partial charge in [-0.3, -0.25) is 0 Å². The summed E-state index contributed by atoms with van der Waals surface area (Å²) in [7, 11) is -3.28. The average Bonchev–Trinajstić information content (AvgIpc) is 2.73. The Morgan fingerprint density at radius 3 is 2.82 bits per heavy atom. The van der Waals surface area contributed by atoms with E-state index in [9.17, 15) is 8.42 Å². The molecule has 3 N–H and O–H groups in total. The van der Waals surface area contributed by atoms with Crippen LogP contribution in [0.25, 0.3) is 0 Å². The lowest BCUT2D eigenvalue weighted by molar-refractivity contribution is 0.562. The van der Waals surface area contributed by atoms with Gasteiger partial charge in [-0.25, -0.2) is 13.1 Å². The summed E-state index contributed by atoms with van der Waals surface area (Å²) in [5, 5.41) is 0. The number of nitrogens with one attached hydrogen (secondary N) is 1. The van der Waals surface area contributed by atoms with E-state index < -0.39 is 10.0 Å². The minimum Gasteiger partial charge on any atom is -0.398 e. The van der Waals surface area contributed by atoms with Gasteiger partial charge in [-0.05, 0) is 23.8 Å². The molecule has 0 aliphatic carbocycles. The topological polar surface area (TPSA) is 72.2 Å². The highest BCUT2D eigenvalue weighted by molar-refractivity contribution is 7.99. The number of anilines is 1. The van der Waals surface area contributed by atoms with Gasteiger partial charge in [0.2, 0.25) is 10.0 Å². The molecule has 2 rings (SSSR count). The highest BCUT2D eigenvalue weighted by Crippen LogP contribution is 2.19. The van der Waals surface area contributed by atoms with Crippen molar-refractivity contribution in [3.05, 3.63) is 29.8 Å². The lowest BCUT2D eigenvalue weighted by atomic mass is 10.2. The van der Waals surface area contributed by atoms with Crippen molar-refractivity contribution < 1.29 is 8.42 Å². The molecule has 6 heteroatoms. The first-order valence-electron chi connectivity index (χ1n) is 5.48. The maximum absolute atomic E-state index is 11.9. The summed E-state index contributed by atoms with van der Waals surface area (Å²) >= 11 is 1.78. The van der Waals surface area contributed by atoms with Crippen molar-refractivity contribution in [2.24, 2.45) is 0 Å². The first-order valence-corrected chi connectivity index (χ1v) is 8.29. The van der Waals surface area contributed by atoms with Crippen LogP contribution >= 0.6 is 11.8 Å². The molecule has 1 fully saturated rings. The van der Waals surface area contributed by atoms with E-state index in [4.69, 9.17) is 5.73 Å². The van der Waals surface area contributed by atoms with Crippen molar-refractivity contribution >= 4 is 27.5 Å². The molecule has 1 aromatic carbocycles. The van der Waals surface area contributed by atoms with Gasteiger partial charge in [0.1, 0.15) is 0 Å². The number of rotatable bonds is 4. The van der Waals surface area contributed by atoms with Gasteiger partial charge in [0.15, 0.2) is 0 Å². The Kier molecular flexibility index (Phi) is 3.96. The Morgan fingerprint density at radius 1 is 1.41 bits per heavy atom. The summed E-state index contributed by atoms with van der Waals surface area (Å²) in [6.07, 6.45) is 0.911. The standard InChI is InChI=1S/C11H16N2O2S2/c12-11-4-2-1-3-9(11)8-17(14,15)13-10-5-6-16-7-10/h1-4,10,13H,5-8,12H2. The van der Waals surface area contributed by atoms with Crippen LogP contribution in [0.1, 0.15) is 12.0 Å². The minimum atomic E-state index is -3.28. The van der Waals surface area contributed by atoms with Gasteiger partial charge in [-0.2, -0.15) is 11.8 Å². The highest BCUT2D eigenvalue weighted by atomic mass is 32.2. The molecule has 1 aliphatic heterocycles. The van der Waals surface area contributed by atoms with Gasteiger partial charge in [0.25, 0.3) is 0 Å². The van der Waals surface area contributed by atoms with E-state index in [0.717, 1.165) is 17.9 Å². The Hall–Kier alpha value is -0.720. The van der Waals surface area contributed by atoms with Crippen LogP contribution in [0.3, 0.4) is 0 Å². The lowest BCUT2D eigenvalue weighted by Gasteiger charge is -2.12. The molecule has 1 heterocycles. The zero-order chi connectivity index (χ0) is 12.3. The van der Waals surface area contributed by atoms with E-state index in [1.165, 1.54) is 0 Å². The smallest absolute Gasteiger partial charge is 0.216 e. The zero-order valence-corrected chi connectivity index (χ0v) is 11.1. The van der Waals surface area contributed by atoms with Crippen LogP contribution < -0.4 is 10.5 Å². The first-order chi connectivity index (χ1) is 8.07. The zero-order valence-electron chi connectivity index (χ0n) is 9.43. The van der Waals surface area contributed by atoms with Gasteiger partial charge in [0, 0.05) is 17.5 Å². The van der Waals surface area contributed by atoms with Gasteiger partial charge >= 0.3 is 0 Å². The molecule has 0 aromatic heterocycles. The van der Waals surface area contributed by atoms with Crippen LogP contribution in [0, 0.1) is 0 Å². The fourth-order valence-corrected chi connectivity index (χ4v) is 4.52. The molecule has 0 bridgehead atoms. The number of para-hydroxylation sites is 1. The third kappa shape index (κ3) is 3.62. The first kappa shape index (κ1) is 12.7. The number of hydrogen-bond donors (Lipinski definition) is 2. The van der Waals surface area contributed by atoms with Crippen molar-refractivity contribution in [3.63, 3.8) is 0 Å². The highest BCUT2D eigenvalue weighted by Gasteiger charge is 2.22. The van der Waals surface area contributed by atoms with E-state index in [2.05, 4.69) is 4.72 Å². The minimum absolute atomic E-state index is 0.0408. The number of nitrogen functional groups attached to an aromatic ring is 1. The maximum Gasteiger partial charge on any atom is 0.216 e. The molecule has 1 saturated heterocycles. The summed E-state index contributed by atoms with van der Waals surface area (Å²) in [6, 6.07) is 7.14.